The summed E-state index contributed by atoms with van der Waals surface area (Å²) in [6.45, 7) is 13.8. The molecule has 2 N–H and O–H groups in total. The molecule has 3 aliphatic heterocycles. The predicted molar refractivity (Wildman–Crippen MR) is 166 cm³/mol. The molecular weight excluding hydrogens is 567 g/mol. The number of pyridine rings is 1. The number of nitrogens with zero attached hydrogens (tertiary/aromatic N) is 5. The van der Waals surface area contributed by atoms with E-state index in [0.717, 1.165) is 11.1 Å². The second kappa shape index (κ2) is 13.7. The standard InChI is InChI=1S/C32H45FN6O5/c1-6-34-30-25(11-24-7-9-26(33)10-8-24)12-28-31(35-30)44-19-23(5)39(28)29(40)16-36-13-20(2)38(32(41)42)15-27(36)14-37-21(3)17-43-18-22(37)4/h7-10,12,20-23,27H,6,11,13-19H2,1-5H3,(H,34,35)(H,41,42)/t20-,21-,22-,23+,27+/m1/s1. The van der Waals surface area contributed by atoms with Crippen LogP contribution in [0.4, 0.5) is 20.7 Å². The maximum atomic E-state index is 14.2. The molecule has 0 aliphatic carbocycles. The summed E-state index contributed by atoms with van der Waals surface area (Å²) >= 11 is 0. The van der Waals surface area contributed by atoms with Gasteiger partial charge in [-0.25, -0.2) is 9.18 Å². The average molecular weight is 613 g/mol. The lowest BCUT2D eigenvalue weighted by Crippen LogP contribution is -2.65. The second-order valence-corrected chi connectivity index (χ2v) is 12.4. The Hall–Kier alpha value is -3.48. The van der Waals surface area contributed by atoms with Crippen LogP contribution >= 0.6 is 0 Å². The van der Waals surface area contributed by atoms with Crippen LogP contribution in [0.15, 0.2) is 30.3 Å². The van der Waals surface area contributed by atoms with Gasteiger partial charge < -0.3 is 29.7 Å². The highest BCUT2D eigenvalue weighted by Crippen LogP contribution is 2.37. The maximum absolute atomic E-state index is 14.2. The fraction of sp³-hybridized carbons (Fsp3) is 0.594. The minimum atomic E-state index is -0.941. The second-order valence-electron chi connectivity index (χ2n) is 12.4. The van der Waals surface area contributed by atoms with E-state index in [2.05, 4.69) is 29.0 Å². The Bertz CT molecular complexity index is 1320. The molecule has 5 atom stereocenters. The van der Waals surface area contributed by atoms with E-state index < -0.39 is 6.09 Å². The summed E-state index contributed by atoms with van der Waals surface area (Å²) in [6, 6.07) is 8.08. The van der Waals surface area contributed by atoms with Crippen molar-refractivity contribution in [1.29, 1.82) is 0 Å². The van der Waals surface area contributed by atoms with Gasteiger partial charge in [0.1, 0.15) is 23.9 Å². The highest BCUT2D eigenvalue weighted by Gasteiger charge is 2.40. The number of carbonyl (C=O) groups excluding carboxylic acids is 1. The zero-order chi connectivity index (χ0) is 31.5. The van der Waals surface area contributed by atoms with Crippen molar-refractivity contribution in [3.63, 3.8) is 0 Å². The molecule has 0 unspecified atom stereocenters. The third-order valence-electron chi connectivity index (χ3n) is 8.94. The van der Waals surface area contributed by atoms with E-state index in [0.29, 0.717) is 69.8 Å². The number of amides is 2. The lowest BCUT2D eigenvalue weighted by molar-refractivity contribution is -0.122. The summed E-state index contributed by atoms with van der Waals surface area (Å²) in [5, 5.41) is 13.2. The number of hydrogen-bond donors (Lipinski definition) is 2. The van der Waals surface area contributed by atoms with Gasteiger partial charge in [-0.2, -0.15) is 4.98 Å². The highest BCUT2D eigenvalue weighted by molar-refractivity contribution is 5.97. The Morgan fingerprint density at radius 1 is 1.02 bits per heavy atom. The van der Waals surface area contributed by atoms with Gasteiger partial charge in [-0.05, 0) is 58.4 Å². The number of carbonyl (C=O) groups is 2. The fourth-order valence-electron chi connectivity index (χ4n) is 6.60. The van der Waals surface area contributed by atoms with Crippen molar-refractivity contribution >= 4 is 23.5 Å². The quantitative estimate of drug-likeness (QED) is 0.463. The van der Waals surface area contributed by atoms with Crippen molar-refractivity contribution in [3.8, 4) is 5.88 Å². The van der Waals surface area contributed by atoms with E-state index in [-0.39, 0.29) is 48.5 Å². The maximum Gasteiger partial charge on any atom is 0.407 e. The van der Waals surface area contributed by atoms with Crippen LogP contribution in [0, 0.1) is 5.82 Å². The van der Waals surface area contributed by atoms with E-state index in [1.165, 1.54) is 17.0 Å². The van der Waals surface area contributed by atoms with Gasteiger partial charge in [0.25, 0.3) is 0 Å². The number of fused-ring (bicyclic) bond motifs is 1. The number of carboxylic acid groups (broad SMARTS) is 1. The number of anilines is 2. The van der Waals surface area contributed by atoms with Crippen molar-refractivity contribution < 1.29 is 28.6 Å². The molecule has 3 aliphatic rings. The highest BCUT2D eigenvalue weighted by atomic mass is 19.1. The van der Waals surface area contributed by atoms with Crippen LogP contribution < -0.4 is 15.0 Å². The minimum absolute atomic E-state index is 0.0863. The van der Waals surface area contributed by atoms with Gasteiger partial charge in [0, 0.05) is 62.3 Å². The first kappa shape index (κ1) is 31.9. The number of ether oxygens (including phenoxy) is 2. The molecule has 2 saturated heterocycles. The Morgan fingerprint density at radius 2 is 1.73 bits per heavy atom. The van der Waals surface area contributed by atoms with Crippen molar-refractivity contribution in [3.05, 3.63) is 47.3 Å². The number of aromatic nitrogens is 1. The van der Waals surface area contributed by atoms with Gasteiger partial charge >= 0.3 is 6.09 Å². The average Bonchev–Trinajstić information content (AvgIpc) is 2.97. The van der Waals surface area contributed by atoms with Crippen LogP contribution in [0.3, 0.4) is 0 Å². The fourth-order valence-corrected chi connectivity index (χ4v) is 6.60. The Labute approximate surface area is 258 Å². The zero-order valence-corrected chi connectivity index (χ0v) is 26.3. The van der Waals surface area contributed by atoms with Crippen LogP contribution in [-0.2, 0) is 16.0 Å². The van der Waals surface area contributed by atoms with Gasteiger partial charge in [-0.15, -0.1) is 0 Å². The molecule has 2 amide bonds. The number of halogens is 1. The summed E-state index contributed by atoms with van der Waals surface area (Å²) < 4.78 is 25.3. The molecule has 11 nitrogen and oxygen atoms in total. The van der Waals surface area contributed by atoms with E-state index in [1.54, 1.807) is 17.0 Å². The monoisotopic (exact) mass is 612 g/mol. The molecule has 4 heterocycles. The Kier molecular flexibility index (Phi) is 9.91. The van der Waals surface area contributed by atoms with Crippen LogP contribution in [0.5, 0.6) is 5.88 Å². The Morgan fingerprint density at radius 3 is 2.39 bits per heavy atom. The largest absolute Gasteiger partial charge is 0.474 e. The summed E-state index contributed by atoms with van der Waals surface area (Å²) in [4.78, 5) is 38.9. The van der Waals surface area contributed by atoms with Crippen molar-refractivity contribution in [2.24, 2.45) is 0 Å². The Balaban J connectivity index is 1.42. The van der Waals surface area contributed by atoms with E-state index in [9.17, 15) is 19.1 Å². The molecule has 2 aromatic rings. The molecule has 1 aromatic heterocycles. The first-order valence-corrected chi connectivity index (χ1v) is 15.6. The predicted octanol–water partition coefficient (Wildman–Crippen LogP) is 3.52. The molecule has 0 spiro atoms. The van der Waals surface area contributed by atoms with Crippen LogP contribution in [0.2, 0.25) is 0 Å². The summed E-state index contributed by atoms with van der Waals surface area (Å²) in [5.74, 6) is 0.686. The van der Waals surface area contributed by atoms with Crippen molar-refractivity contribution in [2.45, 2.75) is 71.2 Å². The lowest BCUT2D eigenvalue weighted by atomic mass is 10.0. The topological polar surface area (TPSA) is 111 Å². The van der Waals surface area contributed by atoms with Gasteiger partial charge in [0.2, 0.25) is 11.8 Å². The van der Waals surface area contributed by atoms with Gasteiger partial charge in [-0.1, -0.05) is 12.1 Å². The van der Waals surface area contributed by atoms with Crippen molar-refractivity contribution in [1.82, 2.24) is 19.7 Å². The van der Waals surface area contributed by atoms with E-state index in [1.807, 2.05) is 26.8 Å². The number of hydrogen-bond acceptors (Lipinski definition) is 8. The normalized spacial score (nSPS) is 26.2. The summed E-state index contributed by atoms with van der Waals surface area (Å²) in [5.41, 5.74) is 2.41. The van der Waals surface area contributed by atoms with Gasteiger partial charge in [-0.3, -0.25) is 14.6 Å². The zero-order valence-electron chi connectivity index (χ0n) is 26.3. The number of morpholine rings is 1. The number of rotatable bonds is 8. The van der Waals surface area contributed by atoms with Crippen LogP contribution in [-0.4, -0.2) is 120 Å². The third-order valence-corrected chi connectivity index (χ3v) is 8.94. The first-order chi connectivity index (χ1) is 21.0. The van der Waals surface area contributed by atoms with E-state index >= 15 is 0 Å². The smallest absolute Gasteiger partial charge is 0.407 e. The van der Waals surface area contributed by atoms with Gasteiger partial charge in [0.05, 0.1) is 25.8 Å². The van der Waals surface area contributed by atoms with Crippen LogP contribution in [0.1, 0.15) is 45.7 Å². The number of piperazine rings is 1. The first-order valence-electron chi connectivity index (χ1n) is 15.6. The lowest BCUT2D eigenvalue weighted by Gasteiger charge is -2.48. The summed E-state index contributed by atoms with van der Waals surface area (Å²) in [6.07, 6.45) is -0.435. The molecule has 5 rings (SSSR count). The molecule has 12 heteroatoms. The van der Waals surface area contributed by atoms with E-state index in [4.69, 9.17) is 14.5 Å². The molecule has 0 bridgehead atoms. The SMILES string of the molecule is CCNc1nc2c(cc1Cc1ccc(F)cc1)N(C(=O)CN1C[C@@H](C)N(C(=O)O)C[C@@H]1CN1[C@H](C)COC[C@H]1C)[C@@H](C)CO2. The number of nitrogens with one attached hydrogen (secondary N) is 1. The number of benzene rings is 1. The molecule has 0 saturated carbocycles. The molecule has 44 heavy (non-hydrogen) atoms. The van der Waals surface area contributed by atoms with Crippen LogP contribution in [0.25, 0.3) is 0 Å². The van der Waals surface area contributed by atoms with Crippen molar-refractivity contribution in [2.75, 3.05) is 62.8 Å². The third kappa shape index (κ3) is 6.92. The van der Waals surface area contributed by atoms with Gasteiger partial charge in [0.15, 0.2) is 0 Å². The molecule has 240 valence electrons. The molecular formula is C32H45FN6O5. The minimum Gasteiger partial charge on any atom is -0.474 e. The molecule has 2 fully saturated rings. The summed E-state index contributed by atoms with van der Waals surface area (Å²) in [7, 11) is 0. The molecule has 0 radical (unpaired) electrons. The molecule has 1 aromatic carbocycles.